The first-order chi connectivity index (χ1) is 12.8. The first kappa shape index (κ1) is 18.8. The van der Waals surface area contributed by atoms with Gasteiger partial charge in [-0.2, -0.15) is 0 Å². The molecule has 1 amide bonds. The summed E-state index contributed by atoms with van der Waals surface area (Å²) in [7, 11) is -3.83. The van der Waals surface area contributed by atoms with Gasteiger partial charge < -0.3 is 9.73 Å². The second kappa shape index (κ2) is 7.73. The van der Waals surface area contributed by atoms with Gasteiger partial charge in [0.1, 0.15) is 11.6 Å². The van der Waals surface area contributed by atoms with Crippen LogP contribution < -0.4 is 10.0 Å². The third-order valence-electron chi connectivity index (χ3n) is 3.85. The fourth-order valence-electron chi connectivity index (χ4n) is 2.34. The fraction of sp³-hybridized carbons (Fsp3) is 0.105. The number of carbonyl (C=O) groups excluding carboxylic acids is 1. The summed E-state index contributed by atoms with van der Waals surface area (Å²) in [6, 6.07) is 13.2. The topological polar surface area (TPSA) is 88.4 Å². The maximum absolute atomic E-state index is 13.6. The van der Waals surface area contributed by atoms with Crippen LogP contribution in [0.15, 0.2) is 70.2 Å². The van der Waals surface area contributed by atoms with Gasteiger partial charge in [0.2, 0.25) is 10.0 Å². The van der Waals surface area contributed by atoms with Gasteiger partial charge in [-0.15, -0.1) is 0 Å². The van der Waals surface area contributed by atoms with E-state index in [9.17, 15) is 17.6 Å². The predicted octanol–water partition coefficient (Wildman–Crippen LogP) is 3.46. The van der Waals surface area contributed by atoms with Gasteiger partial charge in [0.15, 0.2) is 0 Å². The Morgan fingerprint density at radius 2 is 1.93 bits per heavy atom. The first-order valence-corrected chi connectivity index (χ1v) is 9.53. The van der Waals surface area contributed by atoms with Crippen molar-refractivity contribution in [2.75, 3.05) is 5.32 Å². The Kier molecular flexibility index (Phi) is 5.38. The van der Waals surface area contributed by atoms with Crippen LogP contribution in [0.5, 0.6) is 0 Å². The van der Waals surface area contributed by atoms with Crippen LogP contribution in [0.3, 0.4) is 0 Å². The summed E-state index contributed by atoms with van der Waals surface area (Å²) in [5.74, 6) is -0.513. The van der Waals surface area contributed by atoms with E-state index in [2.05, 4.69) is 10.0 Å². The monoisotopic (exact) mass is 388 g/mol. The summed E-state index contributed by atoms with van der Waals surface area (Å²) in [6.07, 6.45) is 1.45. The Balaban J connectivity index is 1.75. The molecule has 140 valence electrons. The van der Waals surface area contributed by atoms with Gasteiger partial charge in [-0.05, 0) is 55.0 Å². The van der Waals surface area contributed by atoms with E-state index in [1.54, 1.807) is 31.2 Å². The van der Waals surface area contributed by atoms with Crippen LogP contribution in [0.2, 0.25) is 0 Å². The van der Waals surface area contributed by atoms with E-state index >= 15 is 0 Å². The summed E-state index contributed by atoms with van der Waals surface area (Å²) < 4.78 is 45.9. The number of benzene rings is 2. The normalized spacial score (nSPS) is 11.3. The Hall–Kier alpha value is -2.97. The van der Waals surface area contributed by atoms with Crippen LogP contribution in [0.25, 0.3) is 0 Å². The molecule has 0 atom stereocenters. The third kappa shape index (κ3) is 4.60. The molecule has 27 heavy (non-hydrogen) atoms. The summed E-state index contributed by atoms with van der Waals surface area (Å²) in [4.78, 5) is 12.3. The molecule has 0 bridgehead atoms. The zero-order valence-electron chi connectivity index (χ0n) is 14.4. The van der Waals surface area contributed by atoms with E-state index in [1.165, 1.54) is 36.6 Å². The highest BCUT2D eigenvalue weighted by atomic mass is 32.2. The SMILES string of the molecule is Cc1ccc(NC(=O)c2cccc(S(=O)(=O)NCc3ccco3)c2)cc1F. The van der Waals surface area contributed by atoms with Crippen LogP contribution in [-0.2, 0) is 16.6 Å². The molecule has 2 N–H and O–H groups in total. The Morgan fingerprint density at radius 1 is 1.11 bits per heavy atom. The summed E-state index contributed by atoms with van der Waals surface area (Å²) >= 11 is 0. The quantitative estimate of drug-likeness (QED) is 0.677. The van der Waals surface area contributed by atoms with Crippen molar-refractivity contribution in [2.45, 2.75) is 18.4 Å². The van der Waals surface area contributed by atoms with E-state index in [-0.39, 0.29) is 22.7 Å². The average molecular weight is 388 g/mol. The number of halogens is 1. The molecule has 0 aliphatic carbocycles. The predicted molar refractivity (Wildman–Crippen MR) is 98.3 cm³/mol. The van der Waals surface area contributed by atoms with Crippen molar-refractivity contribution in [2.24, 2.45) is 0 Å². The molecule has 8 heteroatoms. The molecule has 3 rings (SSSR count). The van der Waals surface area contributed by atoms with Crippen molar-refractivity contribution >= 4 is 21.6 Å². The minimum absolute atomic E-state index is 0.00555. The van der Waals surface area contributed by atoms with Crippen molar-refractivity contribution < 1.29 is 22.0 Å². The fourth-order valence-corrected chi connectivity index (χ4v) is 3.38. The molecule has 0 fully saturated rings. The number of hydrogen-bond acceptors (Lipinski definition) is 4. The van der Waals surface area contributed by atoms with Gasteiger partial charge >= 0.3 is 0 Å². The third-order valence-corrected chi connectivity index (χ3v) is 5.25. The molecule has 2 aromatic carbocycles. The number of hydrogen-bond donors (Lipinski definition) is 2. The molecule has 6 nitrogen and oxygen atoms in total. The van der Waals surface area contributed by atoms with E-state index < -0.39 is 21.7 Å². The lowest BCUT2D eigenvalue weighted by molar-refractivity contribution is 0.102. The summed E-state index contributed by atoms with van der Waals surface area (Å²) in [5, 5.41) is 2.55. The molecule has 1 aromatic heterocycles. The molecule has 3 aromatic rings. The zero-order valence-corrected chi connectivity index (χ0v) is 15.2. The standard InChI is InChI=1S/C19H17FN2O4S/c1-13-7-8-15(11-18(13)20)22-19(23)14-4-2-6-17(10-14)27(24,25)21-12-16-5-3-9-26-16/h2-11,21H,12H2,1H3,(H,22,23). The molecule has 0 radical (unpaired) electrons. The molecule has 0 saturated heterocycles. The van der Waals surface area contributed by atoms with E-state index in [0.29, 0.717) is 11.3 Å². The molecule has 0 unspecified atom stereocenters. The van der Waals surface area contributed by atoms with Crippen molar-refractivity contribution in [3.05, 3.63) is 83.6 Å². The number of rotatable bonds is 6. The van der Waals surface area contributed by atoms with Crippen LogP contribution >= 0.6 is 0 Å². The minimum Gasteiger partial charge on any atom is -0.468 e. The van der Waals surface area contributed by atoms with E-state index in [1.807, 2.05) is 0 Å². The van der Waals surface area contributed by atoms with Gasteiger partial charge in [-0.1, -0.05) is 12.1 Å². The smallest absolute Gasteiger partial charge is 0.255 e. The van der Waals surface area contributed by atoms with Crippen LogP contribution in [0.4, 0.5) is 10.1 Å². The number of carbonyl (C=O) groups is 1. The second-order valence-electron chi connectivity index (χ2n) is 5.85. The summed E-state index contributed by atoms with van der Waals surface area (Å²) in [6.45, 7) is 1.61. The number of amides is 1. The number of nitrogens with one attached hydrogen (secondary N) is 2. The van der Waals surface area contributed by atoms with E-state index in [0.717, 1.165) is 0 Å². The molecule has 0 aliphatic heterocycles. The maximum Gasteiger partial charge on any atom is 0.255 e. The lowest BCUT2D eigenvalue weighted by Crippen LogP contribution is -2.23. The molecule has 0 saturated carbocycles. The molecular formula is C19H17FN2O4S. The zero-order chi connectivity index (χ0) is 19.4. The van der Waals surface area contributed by atoms with Gasteiger partial charge in [-0.25, -0.2) is 17.5 Å². The van der Waals surface area contributed by atoms with Crippen molar-refractivity contribution in [1.29, 1.82) is 0 Å². The molecular weight excluding hydrogens is 371 g/mol. The lowest BCUT2D eigenvalue weighted by Gasteiger charge is -2.09. The second-order valence-corrected chi connectivity index (χ2v) is 7.62. The van der Waals surface area contributed by atoms with Crippen LogP contribution in [0, 0.1) is 12.7 Å². The number of anilines is 1. The number of sulfonamides is 1. The van der Waals surface area contributed by atoms with Crippen molar-refractivity contribution in [3.8, 4) is 0 Å². The first-order valence-electron chi connectivity index (χ1n) is 8.05. The molecule has 1 heterocycles. The number of aryl methyl sites for hydroxylation is 1. The van der Waals surface area contributed by atoms with E-state index in [4.69, 9.17) is 4.42 Å². The largest absolute Gasteiger partial charge is 0.468 e. The Bertz CT molecular complexity index is 1060. The minimum atomic E-state index is -3.83. The summed E-state index contributed by atoms with van der Waals surface area (Å²) in [5.41, 5.74) is 0.882. The van der Waals surface area contributed by atoms with Gasteiger partial charge in [0, 0.05) is 11.3 Å². The average Bonchev–Trinajstić information content (AvgIpc) is 3.17. The Labute approximate surface area is 156 Å². The van der Waals surface area contributed by atoms with Gasteiger partial charge in [0.05, 0.1) is 17.7 Å². The van der Waals surface area contributed by atoms with Crippen molar-refractivity contribution in [3.63, 3.8) is 0 Å². The Morgan fingerprint density at radius 3 is 2.63 bits per heavy atom. The van der Waals surface area contributed by atoms with Gasteiger partial charge in [-0.3, -0.25) is 4.79 Å². The highest BCUT2D eigenvalue weighted by Crippen LogP contribution is 2.17. The maximum atomic E-state index is 13.6. The van der Waals surface area contributed by atoms with Crippen LogP contribution in [0.1, 0.15) is 21.7 Å². The molecule has 0 aliphatic rings. The van der Waals surface area contributed by atoms with Gasteiger partial charge in [0.25, 0.3) is 5.91 Å². The van der Waals surface area contributed by atoms with Crippen LogP contribution in [-0.4, -0.2) is 14.3 Å². The van der Waals surface area contributed by atoms with Crippen molar-refractivity contribution in [1.82, 2.24) is 4.72 Å². The lowest BCUT2D eigenvalue weighted by atomic mass is 10.2. The number of furan rings is 1. The highest BCUT2D eigenvalue weighted by Gasteiger charge is 2.17. The highest BCUT2D eigenvalue weighted by molar-refractivity contribution is 7.89. The molecule has 0 spiro atoms.